The van der Waals surface area contributed by atoms with Gasteiger partial charge < -0.3 is 4.74 Å². The number of aryl methyl sites for hydroxylation is 1. The van der Waals surface area contributed by atoms with Crippen molar-refractivity contribution in [2.75, 3.05) is 19.3 Å². The SMILES string of the molecule is CS(=O)(=O)Cc1ccc(-c2ccc3c(c2)CCC2(CCN(Cc4ccccc4Cl)CC2)O3)cc1. The molecule has 0 atom stereocenters. The number of rotatable bonds is 5. The number of piperidine rings is 1. The summed E-state index contributed by atoms with van der Waals surface area (Å²) in [7, 11) is -3.03. The minimum atomic E-state index is -3.03. The van der Waals surface area contributed by atoms with Gasteiger partial charge in [-0.2, -0.15) is 0 Å². The lowest BCUT2D eigenvalue weighted by Crippen LogP contribution is -2.49. The normalized spacial score (nSPS) is 17.8. The van der Waals surface area contributed by atoms with Gasteiger partial charge >= 0.3 is 0 Å². The maximum absolute atomic E-state index is 11.5. The molecule has 2 heterocycles. The summed E-state index contributed by atoms with van der Waals surface area (Å²) in [5, 5.41) is 0.839. The molecule has 178 valence electrons. The first-order valence-electron chi connectivity index (χ1n) is 11.8. The van der Waals surface area contributed by atoms with Crippen LogP contribution in [0.4, 0.5) is 0 Å². The Bertz CT molecular complexity index is 1280. The second-order valence-electron chi connectivity index (χ2n) is 9.74. The fraction of sp³-hybridized carbons (Fsp3) is 0.357. The van der Waals surface area contributed by atoms with Crippen molar-refractivity contribution in [3.05, 3.63) is 88.4 Å². The Morgan fingerprint density at radius 2 is 1.65 bits per heavy atom. The Balaban J connectivity index is 1.24. The van der Waals surface area contributed by atoms with E-state index < -0.39 is 9.84 Å². The summed E-state index contributed by atoms with van der Waals surface area (Å²) < 4.78 is 29.7. The zero-order chi connectivity index (χ0) is 23.8. The number of nitrogens with zero attached hydrogens (tertiary/aromatic N) is 1. The summed E-state index contributed by atoms with van der Waals surface area (Å²) in [4.78, 5) is 2.47. The molecule has 1 fully saturated rings. The highest BCUT2D eigenvalue weighted by Gasteiger charge is 2.39. The first-order valence-corrected chi connectivity index (χ1v) is 14.3. The van der Waals surface area contributed by atoms with E-state index in [4.69, 9.17) is 16.3 Å². The molecule has 1 spiro atoms. The molecule has 0 aliphatic carbocycles. The number of halogens is 1. The van der Waals surface area contributed by atoms with Gasteiger partial charge in [0.25, 0.3) is 0 Å². The van der Waals surface area contributed by atoms with E-state index in [2.05, 4.69) is 29.2 Å². The third-order valence-electron chi connectivity index (χ3n) is 7.07. The van der Waals surface area contributed by atoms with Crippen LogP contribution in [0.5, 0.6) is 5.75 Å². The Labute approximate surface area is 207 Å². The van der Waals surface area contributed by atoms with Gasteiger partial charge in [0.1, 0.15) is 11.4 Å². The molecule has 0 aromatic heterocycles. The van der Waals surface area contributed by atoms with E-state index in [0.29, 0.717) is 0 Å². The van der Waals surface area contributed by atoms with E-state index in [-0.39, 0.29) is 11.4 Å². The van der Waals surface area contributed by atoms with Gasteiger partial charge in [-0.25, -0.2) is 8.42 Å². The fourth-order valence-electron chi connectivity index (χ4n) is 5.14. The fourth-order valence-corrected chi connectivity index (χ4v) is 6.13. The number of benzene rings is 3. The molecule has 0 bridgehead atoms. The van der Waals surface area contributed by atoms with Crippen LogP contribution >= 0.6 is 11.6 Å². The van der Waals surface area contributed by atoms with Gasteiger partial charge in [0.15, 0.2) is 9.84 Å². The molecule has 3 aromatic rings. The van der Waals surface area contributed by atoms with E-state index in [1.807, 2.05) is 42.5 Å². The summed E-state index contributed by atoms with van der Waals surface area (Å²) in [6.45, 7) is 2.91. The minimum absolute atomic E-state index is 0.0706. The summed E-state index contributed by atoms with van der Waals surface area (Å²) in [6.07, 6.45) is 5.37. The van der Waals surface area contributed by atoms with Crippen LogP contribution in [-0.4, -0.2) is 38.3 Å². The van der Waals surface area contributed by atoms with Crippen molar-refractivity contribution >= 4 is 21.4 Å². The third kappa shape index (κ3) is 5.32. The largest absolute Gasteiger partial charge is 0.487 e. The zero-order valence-corrected chi connectivity index (χ0v) is 21.0. The van der Waals surface area contributed by atoms with Gasteiger partial charge in [-0.3, -0.25) is 4.90 Å². The average molecular weight is 496 g/mol. The number of ether oxygens (including phenoxy) is 1. The summed E-state index contributed by atoms with van der Waals surface area (Å²) in [6, 6.07) is 22.3. The van der Waals surface area contributed by atoms with Crippen LogP contribution < -0.4 is 4.74 Å². The quantitative estimate of drug-likeness (QED) is 0.441. The molecular formula is C28H30ClNO3S. The van der Waals surface area contributed by atoms with Gasteiger partial charge in [-0.1, -0.05) is 60.1 Å². The molecule has 0 N–H and O–H groups in total. The lowest BCUT2D eigenvalue weighted by atomic mass is 9.82. The highest BCUT2D eigenvalue weighted by molar-refractivity contribution is 7.89. The van der Waals surface area contributed by atoms with Crippen molar-refractivity contribution in [1.29, 1.82) is 0 Å². The highest BCUT2D eigenvalue weighted by atomic mass is 35.5. The molecule has 0 radical (unpaired) electrons. The predicted molar refractivity (Wildman–Crippen MR) is 138 cm³/mol. The molecule has 5 rings (SSSR count). The molecule has 1 saturated heterocycles. The lowest BCUT2D eigenvalue weighted by Gasteiger charge is -2.44. The van der Waals surface area contributed by atoms with Crippen LogP contribution in [0.1, 0.15) is 36.0 Å². The van der Waals surface area contributed by atoms with Crippen LogP contribution in [0, 0.1) is 0 Å². The smallest absolute Gasteiger partial charge is 0.151 e. The molecule has 4 nitrogen and oxygen atoms in total. The van der Waals surface area contributed by atoms with E-state index in [1.54, 1.807) is 0 Å². The van der Waals surface area contributed by atoms with Crippen molar-refractivity contribution in [2.45, 2.75) is 43.6 Å². The lowest BCUT2D eigenvalue weighted by molar-refractivity contribution is -0.0163. The van der Waals surface area contributed by atoms with Gasteiger partial charge in [-0.05, 0) is 71.7 Å². The summed E-state index contributed by atoms with van der Waals surface area (Å²) in [5.41, 5.74) is 5.41. The van der Waals surface area contributed by atoms with Crippen molar-refractivity contribution in [1.82, 2.24) is 4.90 Å². The van der Waals surface area contributed by atoms with Gasteiger partial charge in [-0.15, -0.1) is 0 Å². The number of sulfone groups is 1. The van der Waals surface area contributed by atoms with Gasteiger partial charge in [0.2, 0.25) is 0 Å². The van der Waals surface area contributed by atoms with E-state index >= 15 is 0 Å². The summed E-state index contributed by atoms with van der Waals surface area (Å²) >= 11 is 6.36. The van der Waals surface area contributed by atoms with Crippen LogP contribution in [0.15, 0.2) is 66.7 Å². The zero-order valence-electron chi connectivity index (χ0n) is 19.5. The Morgan fingerprint density at radius 1 is 0.941 bits per heavy atom. The molecule has 3 aromatic carbocycles. The predicted octanol–water partition coefficient (Wildman–Crippen LogP) is 5.91. The minimum Gasteiger partial charge on any atom is -0.487 e. The van der Waals surface area contributed by atoms with Crippen LogP contribution in [0.25, 0.3) is 11.1 Å². The monoisotopic (exact) mass is 495 g/mol. The second kappa shape index (κ2) is 9.37. The van der Waals surface area contributed by atoms with E-state index in [9.17, 15) is 8.42 Å². The standard InChI is InChI=1S/C28H30ClNO3S/c1-34(31,32)20-21-6-8-22(9-7-21)23-10-11-27-24(18-23)12-13-28(33-27)14-16-30(17-15-28)19-25-4-2-3-5-26(25)29/h2-11,18H,12-17,19-20H2,1H3. The molecule has 6 heteroatoms. The van der Waals surface area contributed by atoms with Crippen LogP contribution in [0.2, 0.25) is 5.02 Å². The number of fused-ring (bicyclic) bond motifs is 1. The van der Waals surface area contributed by atoms with Gasteiger partial charge in [0.05, 0.1) is 5.75 Å². The van der Waals surface area contributed by atoms with Gasteiger partial charge in [0, 0.05) is 30.9 Å². The van der Waals surface area contributed by atoms with Crippen molar-refractivity contribution < 1.29 is 13.2 Å². The molecule has 2 aliphatic heterocycles. The Kier molecular flexibility index (Phi) is 6.45. The maximum atomic E-state index is 11.5. The van der Waals surface area contributed by atoms with E-state index in [0.717, 1.165) is 72.8 Å². The van der Waals surface area contributed by atoms with Crippen LogP contribution in [-0.2, 0) is 28.6 Å². The number of hydrogen-bond acceptors (Lipinski definition) is 4. The first kappa shape index (κ1) is 23.4. The molecule has 0 saturated carbocycles. The van der Waals surface area contributed by atoms with Crippen molar-refractivity contribution in [2.24, 2.45) is 0 Å². The number of hydrogen-bond donors (Lipinski definition) is 0. The summed E-state index contributed by atoms with van der Waals surface area (Å²) in [5.74, 6) is 1.08. The first-order chi connectivity index (χ1) is 16.3. The number of likely N-dealkylation sites (tertiary alicyclic amines) is 1. The Morgan fingerprint density at radius 3 is 2.35 bits per heavy atom. The second-order valence-corrected chi connectivity index (χ2v) is 12.3. The molecular weight excluding hydrogens is 466 g/mol. The Hall–Kier alpha value is -2.34. The average Bonchev–Trinajstić information content (AvgIpc) is 2.81. The topological polar surface area (TPSA) is 46.6 Å². The molecule has 34 heavy (non-hydrogen) atoms. The molecule has 0 amide bonds. The van der Waals surface area contributed by atoms with Crippen molar-refractivity contribution in [3.63, 3.8) is 0 Å². The van der Waals surface area contributed by atoms with Crippen LogP contribution in [0.3, 0.4) is 0 Å². The highest BCUT2D eigenvalue weighted by Crippen LogP contribution is 2.41. The third-order valence-corrected chi connectivity index (χ3v) is 8.30. The van der Waals surface area contributed by atoms with E-state index in [1.165, 1.54) is 17.4 Å². The maximum Gasteiger partial charge on any atom is 0.151 e. The molecule has 0 unspecified atom stereocenters. The molecule has 2 aliphatic rings. The van der Waals surface area contributed by atoms with Crippen molar-refractivity contribution in [3.8, 4) is 16.9 Å².